The van der Waals surface area contributed by atoms with E-state index in [2.05, 4.69) is 40.1 Å². The lowest BCUT2D eigenvalue weighted by molar-refractivity contribution is -0.582. The molecule has 2 N–H and O–H groups in total. The van der Waals surface area contributed by atoms with Gasteiger partial charge < -0.3 is 25.1 Å². The van der Waals surface area contributed by atoms with E-state index < -0.39 is 5.97 Å². The van der Waals surface area contributed by atoms with Crippen LogP contribution in [0.3, 0.4) is 0 Å². The summed E-state index contributed by atoms with van der Waals surface area (Å²) in [4.78, 5) is 13.6. The minimum atomic E-state index is -1.08. The van der Waals surface area contributed by atoms with Crippen molar-refractivity contribution in [1.29, 1.82) is 0 Å². The Morgan fingerprint density at radius 3 is 2.53 bits per heavy atom. The largest absolute Gasteiger partial charge is 0.550 e. The third-order valence-corrected chi connectivity index (χ3v) is 5.96. The Kier molecular flexibility index (Phi) is 8.17. The summed E-state index contributed by atoms with van der Waals surface area (Å²) in [6, 6.07) is 22.1. The van der Waals surface area contributed by atoms with Crippen molar-refractivity contribution >= 4 is 29.4 Å². The number of rotatable bonds is 7. The third-order valence-electron chi connectivity index (χ3n) is 5.96. The van der Waals surface area contributed by atoms with Crippen LogP contribution in [0.25, 0.3) is 5.70 Å². The van der Waals surface area contributed by atoms with E-state index in [0.29, 0.717) is 18.1 Å². The van der Waals surface area contributed by atoms with Crippen molar-refractivity contribution in [1.82, 2.24) is 9.78 Å². The number of methoxy groups -OCH3 is 2. The third kappa shape index (κ3) is 5.89. The normalized spacial score (nSPS) is 12.2. The van der Waals surface area contributed by atoms with E-state index in [-0.39, 0.29) is 0 Å². The molecule has 1 aliphatic rings. The number of nitrogens with two attached hydrogens (primary N) is 1. The molecule has 0 saturated heterocycles. The van der Waals surface area contributed by atoms with Gasteiger partial charge in [-0.2, -0.15) is 9.67 Å². The lowest BCUT2D eigenvalue weighted by atomic mass is 10.1. The van der Waals surface area contributed by atoms with Crippen LogP contribution in [0.15, 0.2) is 89.7 Å². The number of hydrogen-bond acceptors (Lipinski definition) is 7. The molecule has 0 unspecified atom stereocenters. The number of aromatic nitrogens is 3. The molecule has 0 bridgehead atoms. The molecule has 0 radical (unpaired) electrons. The fraction of sp³-hybridized carbons (Fsp3) is 0.172. The number of pyridine rings is 1. The number of benzene rings is 2. The Bertz CT molecular complexity index is 1490. The molecule has 9 nitrogen and oxygen atoms in total. The predicted molar refractivity (Wildman–Crippen MR) is 143 cm³/mol. The van der Waals surface area contributed by atoms with Crippen LogP contribution in [0.4, 0.5) is 11.5 Å². The number of carboxylic acids is 1. The molecule has 3 heterocycles. The number of para-hydroxylation sites is 1. The van der Waals surface area contributed by atoms with Gasteiger partial charge in [-0.3, -0.25) is 4.99 Å². The highest BCUT2D eigenvalue weighted by Crippen LogP contribution is 2.28. The SMILES string of the molecule is CC(=O)[O-].COc1ccc(C2=C(C=Nc3cnn(Cc4ccccc4OC)c3N)Cc3cccc[n+]32)cc1. The zero-order valence-electron chi connectivity index (χ0n) is 21.5. The zero-order valence-corrected chi connectivity index (χ0v) is 21.5. The number of fused-ring (bicyclic) bond motifs is 1. The van der Waals surface area contributed by atoms with E-state index in [1.165, 1.54) is 5.69 Å². The van der Waals surface area contributed by atoms with E-state index >= 15 is 0 Å². The highest BCUT2D eigenvalue weighted by Gasteiger charge is 2.30. The van der Waals surface area contributed by atoms with Gasteiger partial charge in [0.1, 0.15) is 23.0 Å². The van der Waals surface area contributed by atoms with Crippen LogP contribution >= 0.6 is 0 Å². The maximum atomic E-state index is 8.89. The number of nitrogens with zero attached hydrogens (tertiary/aromatic N) is 4. The molecule has 4 aromatic rings. The molecule has 194 valence electrons. The molecule has 1 aliphatic heterocycles. The topological polar surface area (TPSA) is 119 Å². The van der Waals surface area contributed by atoms with E-state index in [0.717, 1.165) is 47.2 Å². The molecule has 2 aromatic carbocycles. The van der Waals surface area contributed by atoms with Gasteiger partial charge in [0.15, 0.2) is 11.9 Å². The molecule has 0 spiro atoms. The molecular weight excluding hydrogens is 482 g/mol. The summed E-state index contributed by atoms with van der Waals surface area (Å²) in [5.74, 6) is 1.06. The van der Waals surface area contributed by atoms with E-state index in [1.54, 1.807) is 25.1 Å². The second-order valence-corrected chi connectivity index (χ2v) is 8.48. The first-order chi connectivity index (χ1) is 18.4. The fourth-order valence-corrected chi connectivity index (χ4v) is 4.21. The zero-order chi connectivity index (χ0) is 27.1. The summed E-state index contributed by atoms with van der Waals surface area (Å²) in [5.41, 5.74) is 12.5. The Morgan fingerprint density at radius 1 is 1.11 bits per heavy atom. The summed E-state index contributed by atoms with van der Waals surface area (Å²) < 4.78 is 14.7. The molecule has 0 saturated carbocycles. The van der Waals surface area contributed by atoms with Crippen LogP contribution < -0.4 is 24.9 Å². The highest BCUT2D eigenvalue weighted by molar-refractivity contribution is 5.92. The number of aliphatic imine (C=N–C) groups is 1. The number of allylic oxidation sites excluding steroid dienone is 1. The van der Waals surface area contributed by atoms with Crippen LogP contribution in [0.2, 0.25) is 0 Å². The van der Waals surface area contributed by atoms with Gasteiger partial charge in [-0.15, -0.1) is 0 Å². The number of anilines is 1. The van der Waals surface area contributed by atoms with E-state index in [4.69, 9.17) is 30.1 Å². The maximum Gasteiger partial charge on any atom is 0.223 e. The minimum absolute atomic E-state index is 0.506. The van der Waals surface area contributed by atoms with Crippen molar-refractivity contribution in [3.63, 3.8) is 0 Å². The fourth-order valence-electron chi connectivity index (χ4n) is 4.21. The second-order valence-electron chi connectivity index (χ2n) is 8.48. The summed E-state index contributed by atoms with van der Waals surface area (Å²) in [7, 11) is 3.33. The smallest absolute Gasteiger partial charge is 0.223 e. The number of aliphatic carboxylic acids is 1. The Morgan fingerprint density at radius 2 is 1.82 bits per heavy atom. The molecule has 5 rings (SSSR count). The molecule has 0 fully saturated rings. The summed E-state index contributed by atoms with van der Waals surface area (Å²) in [6.45, 7) is 1.48. The van der Waals surface area contributed by atoms with Crippen molar-refractivity contribution < 1.29 is 23.9 Å². The van der Waals surface area contributed by atoms with Crippen molar-refractivity contribution in [2.24, 2.45) is 4.99 Å². The first kappa shape index (κ1) is 26.2. The van der Waals surface area contributed by atoms with Gasteiger partial charge in [0.25, 0.3) is 0 Å². The average molecular weight is 512 g/mol. The summed E-state index contributed by atoms with van der Waals surface area (Å²) in [6.07, 6.45) is 6.45. The number of nitrogen functional groups attached to an aromatic ring is 1. The van der Waals surface area contributed by atoms with Crippen LogP contribution in [-0.4, -0.2) is 36.2 Å². The molecule has 0 amide bonds. The second kappa shape index (κ2) is 11.9. The highest BCUT2D eigenvalue weighted by atomic mass is 16.5. The van der Waals surface area contributed by atoms with Crippen molar-refractivity contribution in [2.75, 3.05) is 20.0 Å². The monoisotopic (exact) mass is 511 g/mol. The average Bonchev–Trinajstić information content (AvgIpc) is 3.47. The van der Waals surface area contributed by atoms with Crippen LogP contribution in [0, 0.1) is 0 Å². The van der Waals surface area contributed by atoms with Crippen LogP contribution in [-0.2, 0) is 17.8 Å². The van der Waals surface area contributed by atoms with E-state index in [9.17, 15) is 0 Å². The van der Waals surface area contributed by atoms with Crippen molar-refractivity contribution in [3.8, 4) is 11.5 Å². The van der Waals surface area contributed by atoms with Crippen LogP contribution in [0.5, 0.6) is 11.5 Å². The summed E-state index contributed by atoms with van der Waals surface area (Å²) >= 11 is 0. The van der Waals surface area contributed by atoms with Crippen LogP contribution in [0.1, 0.15) is 23.7 Å². The molecule has 9 heteroatoms. The number of carbonyl (C=O) groups is 1. The Labute approximate surface area is 221 Å². The van der Waals surface area contributed by atoms with Gasteiger partial charge in [0.2, 0.25) is 5.70 Å². The van der Waals surface area contributed by atoms with E-state index in [1.807, 2.05) is 48.7 Å². The van der Waals surface area contributed by atoms with Gasteiger partial charge in [0.05, 0.1) is 39.0 Å². The Balaban J connectivity index is 0.000000786. The molecule has 38 heavy (non-hydrogen) atoms. The Hall–Kier alpha value is -4.92. The number of carboxylic acid groups (broad SMARTS) is 1. The standard InChI is InChI=1S/C27H26N5O2.C2H4O2/c1-33-23-12-10-19(11-13-23)26-21(15-22-8-5-6-14-31(22)26)16-29-24-17-30-32(27(24)28)18-20-7-3-4-9-25(20)34-2;1-2(3)4/h3-14,16-17H,15,18,28H2,1-2H3;1H3,(H,3,4)/q+1;/p-1. The van der Waals surface area contributed by atoms with Crippen molar-refractivity contribution in [3.05, 3.63) is 102 Å². The quantitative estimate of drug-likeness (QED) is 0.301. The van der Waals surface area contributed by atoms with Gasteiger partial charge in [-0.1, -0.05) is 24.3 Å². The lowest BCUT2D eigenvalue weighted by Crippen LogP contribution is -2.33. The summed E-state index contributed by atoms with van der Waals surface area (Å²) in [5, 5.41) is 13.3. The number of hydrogen-bond donors (Lipinski definition) is 1. The molecule has 0 atom stereocenters. The maximum absolute atomic E-state index is 8.89. The van der Waals surface area contributed by atoms with Gasteiger partial charge >= 0.3 is 0 Å². The molecule has 2 aromatic heterocycles. The lowest BCUT2D eigenvalue weighted by Gasteiger charge is -2.09. The van der Waals surface area contributed by atoms with Crippen molar-refractivity contribution in [2.45, 2.75) is 19.9 Å². The first-order valence-electron chi connectivity index (χ1n) is 11.9. The van der Waals surface area contributed by atoms with Gasteiger partial charge in [-0.05, 0) is 37.3 Å². The number of carbonyl (C=O) groups excluding carboxylic acids is 1. The number of ether oxygens (including phenoxy) is 2. The minimum Gasteiger partial charge on any atom is -0.550 e. The molecular formula is C29H29N5O4. The molecule has 0 aliphatic carbocycles. The van der Waals surface area contributed by atoms with Gasteiger partial charge in [0, 0.05) is 35.4 Å². The first-order valence-corrected chi connectivity index (χ1v) is 11.9. The van der Waals surface area contributed by atoms with Gasteiger partial charge in [-0.25, -0.2) is 4.68 Å². The predicted octanol–water partition coefficient (Wildman–Crippen LogP) is 2.79.